The Hall–Kier alpha value is -3.20. The van der Waals surface area contributed by atoms with Gasteiger partial charge in [-0.15, -0.1) is 5.10 Å². The normalized spacial score (nSPS) is 13.2. The zero-order valence-corrected chi connectivity index (χ0v) is 13.1. The molecule has 9 heteroatoms. The molecule has 0 fully saturated rings. The lowest BCUT2D eigenvalue weighted by molar-refractivity contribution is -0.206. The molecule has 1 unspecified atom stereocenters. The van der Waals surface area contributed by atoms with Gasteiger partial charge < -0.3 is 5.11 Å². The average Bonchev–Trinajstić information content (AvgIpc) is 3.27. The van der Waals surface area contributed by atoms with Crippen molar-refractivity contribution in [3.05, 3.63) is 60.3 Å². The molecule has 2 aromatic heterocycles. The van der Waals surface area contributed by atoms with Crippen LogP contribution < -0.4 is 0 Å². The highest BCUT2D eigenvalue weighted by molar-refractivity contribution is 5.91. The molecular weight excluding hydrogens is 347 g/mol. The number of fused-ring (bicyclic) bond motifs is 1. The van der Waals surface area contributed by atoms with Crippen molar-refractivity contribution in [1.29, 1.82) is 0 Å². The summed E-state index contributed by atoms with van der Waals surface area (Å²) in [6.07, 6.45) is -5.58. The highest BCUT2D eigenvalue weighted by Gasteiger charge is 2.39. The number of aliphatic hydroxyl groups is 1. The van der Waals surface area contributed by atoms with Crippen LogP contribution in [0.3, 0.4) is 0 Å². The smallest absolute Gasteiger partial charge is 0.379 e. The number of para-hydroxylation sites is 1. The van der Waals surface area contributed by atoms with E-state index in [1.54, 1.807) is 6.20 Å². The number of nitrogens with one attached hydrogen (secondary N) is 1. The summed E-state index contributed by atoms with van der Waals surface area (Å²) in [6.45, 7) is 0. The lowest BCUT2D eigenvalue weighted by Crippen LogP contribution is -2.20. The van der Waals surface area contributed by atoms with Gasteiger partial charge in [-0.1, -0.05) is 35.5 Å². The van der Waals surface area contributed by atoms with Gasteiger partial charge in [-0.3, -0.25) is 5.10 Å². The number of aromatic amines is 1. The van der Waals surface area contributed by atoms with Crippen molar-refractivity contribution >= 4 is 10.9 Å². The first kappa shape index (κ1) is 16.3. The number of rotatable bonds is 3. The third-order valence-corrected chi connectivity index (χ3v) is 3.99. The zero-order chi connectivity index (χ0) is 18.3. The van der Waals surface area contributed by atoms with E-state index in [0.717, 1.165) is 10.9 Å². The molecular formula is C17H12F3N5O. The Morgan fingerprint density at radius 3 is 2.50 bits per heavy atom. The number of benzene rings is 2. The van der Waals surface area contributed by atoms with E-state index in [1.165, 1.54) is 28.9 Å². The Labute approximate surface area is 144 Å². The van der Waals surface area contributed by atoms with Gasteiger partial charge in [-0.2, -0.15) is 18.3 Å². The van der Waals surface area contributed by atoms with Crippen LogP contribution in [0.5, 0.6) is 0 Å². The van der Waals surface area contributed by atoms with Crippen molar-refractivity contribution in [3.8, 4) is 17.1 Å². The molecule has 0 saturated carbocycles. The van der Waals surface area contributed by atoms with E-state index >= 15 is 0 Å². The van der Waals surface area contributed by atoms with E-state index in [9.17, 15) is 18.3 Å². The second kappa shape index (κ2) is 5.95. The third kappa shape index (κ3) is 2.82. The van der Waals surface area contributed by atoms with E-state index in [4.69, 9.17) is 0 Å². The van der Waals surface area contributed by atoms with Crippen LogP contribution in [0.1, 0.15) is 11.7 Å². The van der Waals surface area contributed by atoms with Crippen LogP contribution in [-0.2, 0) is 0 Å². The van der Waals surface area contributed by atoms with Crippen LogP contribution in [-0.4, -0.2) is 36.5 Å². The quantitative estimate of drug-likeness (QED) is 0.588. The second-order valence-electron chi connectivity index (χ2n) is 5.70. The van der Waals surface area contributed by atoms with Gasteiger partial charge >= 0.3 is 6.18 Å². The number of aromatic nitrogens is 5. The lowest BCUT2D eigenvalue weighted by atomic mass is 10.1. The minimum absolute atomic E-state index is 0.236. The molecule has 1 atom stereocenters. The molecule has 0 radical (unpaired) electrons. The number of halogens is 3. The van der Waals surface area contributed by atoms with E-state index in [0.29, 0.717) is 17.1 Å². The first-order valence-corrected chi connectivity index (χ1v) is 7.64. The Balaban J connectivity index is 1.64. The fourth-order valence-electron chi connectivity index (χ4n) is 2.66. The number of aliphatic hydroxyl groups excluding tert-OH is 1. The minimum atomic E-state index is -4.71. The molecule has 0 bridgehead atoms. The Kier molecular flexibility index (Phi) is 3.73. The zero-order valence-electron chi connectivity index (χ0n) is 13.1. The topological polar surface area (TPSA) is 79.6 Å². The molecule has 2 aromatic carbocycles. The van der Waals surface area contributed by atoms with Crippen molar-refractivity contribution in [3.63, 3.8) is 0 Å². The monoisotopic (exact) mass is 359 g/mol. The van der Waals surface area contributed by atoms with Crippen molar-refractivity contribution < 1.29 is 18.3 Å². The summed E-state index contributed by atoms with van der Waals surface area (Å²) in [5.41, 5.74) is 2.31. The summed E-state index contributed by atoms with van der Waals surface area (Å²) in [5, 5.41) is 25.4. The molecule has 0 amide bonds. The molecule has 0 aliphatic heterocycles. The average molecular weight is 359 g/mol. The molecule has 0 saturated heterocycles. The second-order valence-corrected chi connectivity index (χ2v) is 5.70. The van der Waals surface area contributed by atoms with Crippen LogP contribution in [0.4, 0.5) is 13.2 Å². The molecule has 132 valence electrons. The Morgan fingerprint density at radius 2 is 1.77 bits per heavy atom. The van der Waals surface area contributed by atoms with Crippen LogP contribution in [0.2, 0.25) is 0 Å². The molecule has 2 N–H and O–H groups in total. The highest BCUT2D eigenvalue weighted by atomic mass is 19.4. The SMILES string of the molecule is OC(c1ccc(-n2cc(-c3n[nH]c4ccccc34)nn2)cc1)C(F)(F)F. The van der Waals surface area contributed by atoms with Gasteiger partial charge in [0.05, 0.1) is 17.4 Å². The lowest BCUT2D eigenvalue weighted by Gasteiger charge is -2.14. The van der Waals surface area contributed by atoms with Crippen molar-refractivity contribution in [2.24, 2.45) is 0 Å². The summed E-state index contributed by atoms with van der Waals surface area (Å²) in [5.74, 6) is 0. The molecule has 0 spiro atoms. The van der Waals surface area contributed by atoms with Gasteiger partial charge in [0.25, 0.3) is 0 Å². The third-order valence-electron chi connectivity index (χ3n) is 3.99. The molecule has 6 nitrogen and oxygen atoms in total. The van der Waals surface area contributed by atoms with Crippen molar-refractivity contribution in [2.75, 3.05) is 0 Å². The molecule has 4 rings (SSSR count). The molecule has 0 aliphatic carbocycles. The van der Waals surface area contributed by atoms with E-state index < -0.39 is 12.3 Å². The number of alkyl halides is 3. The standard InChI is InChI=1S/C17H12F3N5O/c18-17(19,20)16(26)10-5-7-11(8-6-10)25-9-14(22-24-25)15-12-3-1-2-4-13(12)21-23-15/h1-9,16,26H,(H,21,23). The summed E-state index contributed by atoms with van der Waals surface area (Å²) < 4.78 is 39.1. The molecule has 2 heterocycles. The summed E-state index contributed by atoms with van der Waals surface area (Å²) in [7, 11) is 0. The first-order valence-electron chi connectivity index (χ1n) is 7.64. The largest absolute Gasteiger partial charge is 0.418 e. The Morgan fingerprint density at radius 1 is 1.04 bits per heavy atom. The van der Waals surface area contributed by atoms with Crippen LogP contribution >= 0.6 is 0 Å². The summed E-state index contributed by atoms with van der Waals surface area (Å²) >= 11 is 0. The van der Waals surface area contributed by atoms with Gasteiger partial charge in [0.1, 0.15) is 11.4 Å². The number of nitrogens with zero attached hydrogens (tertiary/aromatic N) is 4. The van der Waals surface area contributed by atoms with Crippen LogP contribution in [0, 0.1) is 0 Å². The number of hydrogen-bond acceptors (Lipinski definition) is 4. The first-order chi connectivity index (χ1) is 12.4. The van der Waals surface area contributed by atoms with Crippen molar-refractivity contribution in [2.45, 2.75) is 12.3 Å². The van der Waals surface area contributed by atoms with E-state index in [1.807, 2.05) is 24.3 Å². The van der Waals surface area contributed by atoms with Crippen LogP contribution in [0.25, 0.3) is 28.0 Å². The molecule has 26 heavy (non-hydrogen) atoms. The number of H-pyrrole nitrogens is 1. The van der Waals surface area contributed by atoms with Gasteiger partial charge in [0.15, 0.2) is 6.10 Å². The molecule has 0 aliphatic rings. The van der Waals surface area contributed by atoms with Crippen LogP contribution in [0.15, 0.2) is 54.7 Å². The van der Waals surface area contributed by atoms with Crippen molar-refractivity contribution in [1.82, 2.24) is 25.2 Å². The van der Waals surface area contributed by atoms with E-state index in [2.05, 4.69) is 20.5 Å². The predicted octanol–water partition coefficient (Wildman–Crippen LogP) is 3.41. The fourth-order valence-corrected chi connectivity index (χ4v) is 2.66. The Bertz CT molecular complexity index is 1050. The number of hydrogen-bond donors (Lipinski definition) is 2. The highest BCUT2D eigenvalue weighted by Crippen LogP contribution is 2.32. The van der Waals surface area contributed by atoms with Gasteiger partial charge in [-0.25, -0.2) is 4.68 Å². The maximum Gasteiger partial charge on any atom is 0.418 e. The predicted molar refractivity (Wildman–Crippen MR) is 87.5 cm³/mol. The summed E-state index contributed by atoms with van der Waals surface area (Å²) in [6, 6.07) is 12.9. The maximum atomic E-state index is 12.6. The van der Waals surface area contributed by atoms with Gasteiger partial charge in [-0.05, 0) is 23.8 Å². The summed E-state index contributed by atoms with van der Waals surface area (Å²) in [4.78, 5) is 0. The molecule has 4 aromatic rings. The van der Waals surface area contributed by atoms with E-state index in [-0.39, 0.29) is 5.56 Å². The van der Waals surface area contributed by atoms with Gasteiger partial charge in [0.2, 0.25) is 0 Å². The minimum Gasteiger partial charge on any atom is -0.379 e. The fraction of sp³-hybridized carbons (Fsp3) is 0.118. The maximum absolute atomic E-state index is 12.6. The van der Waals surface area contributed by atoms with Gasteiger partial charge in [0, 0.05) is 5.39 Å².